The van der Waals surface area contributed by atoms with Crippen LogP contribution in [0.3, 0.4) is 0 Å². The van der Waals surface area contributed by atoms with Crippen molar-refractivity contribution in [3.63, 3.8) is 0 Å². The van der Waals surface area contributed by atoms with Crippen LogP contribution in [0.25, 0.3) is 0 Å². The van der Waals surface area contributed by atoms with Gasteiger partial charge in [-0.15, -0.1) is 0 Å². The van der Waals surface area contributed by atoms with Crippen LogP contribution in [-0.4, -0.2) is 6.61 Å². The summed E-state index contributed by atoms with van der Waals surface area (Å²) in [5.74, 6) is 1.57. The molecule has 0 aliphatic rings. The van der Waals surface area contributed by atoms with Crippen molar-refractivity contribution < 1.29 is 15.2 Å². The highest BCUT2D eigenvalue weighted by molar-refractivity contribution is 5.43. The second-order valence-corrected chi connectivity index (χ2v) is 4.74. The van der Waals surface area contributed by atoms with E-state index in [1.807, 2.05) is 25.1 Å². The van der Waals surface area contributed by atoms with Crippen molar-refractivity contribution in [1.82, 2.24) is 0 Å². The Hall–Kier alpha value is -2.00. The standard InChI is InChI=1S/C17H21NO2/c1-3-19-17-10-15(11-18)8-9-16(17)20-12-14-6-4-13(2)5-7-14/h4-10H,3,11-12,18H2,1-2H3/p+1. The lowest BCUT2D eigenvalue weighted by atomic mass is 10.1. The third kappa shape index (κ3) is 3.75. The first-order chi connectivity index (χ1) is 9.72. The lowest BCUT2D eigenvalue weighted by molar-refractivity contribution is -0.386. The third-order valence-electron chi connectivity index (χ3n) is 3.11. The van der Waals surface area contributed by atoms with Gasteiger partial charge in [0.05, 0.1) is 13.2 Å². The van der Waals surface area contributed by atoms with Crippen LogP contribution in [0.2, 0.25) is 0 Å². The second-order valence-electron chi connectivity index (χ2n) is 4.74. The maximum absolute atomic E-state index is 5.87. The molecule has 3 N–H and O–H groups in total. The number of aryl methyl sites for hydroxylation is 1. The van der Waals surface area contributed by atoms with Gasteiger partial charge in [0.25, 0.3) is 0 Å². The molecule has 0 saturated heterocycles. The molecule has 3 nitrogen and oxygen atoms in total. The van der Waals surface area contributed by atoms with Crippen molar-refractivity contribution in [2.75, 3.05) is 6.61 Å². The number of ether oxygens (including phenoxy) is 2. The normalized spacial score (nSPS) is 10.3. The average molecular weight is 272 g/mol. The quantitative estimate of drug-likeness (QED) is 0.879. The zero-order valence-corrected chi connectivity index (χ0v) is 12.2. The molecule has 0 aliphatic heterocycles. The molecule has 3 heteroatoms. The first kappa shape index (κ1) is 14.4. The highest BCUT2D eigenvalue weighted by atomic mass is 16.5. The molecular weight excluding hydrogens is 250 g/mol. The van der Waals surface area contributed by atoms with Crippen LogP contribution in [0.5, 0.6) is 11.5 Å². The van der Waals surface area contributed by atoms with Gasteiger partial charge in [0.1, 0.15) is 6.61 Å². The fraction of sp³-hybridized carbons (Fsp3) is 0.294. The van der Waals surface area contributed by atoms with Crippen LogP contribution in [0.15, 0.2) is 42.5 Å². The number of hydrogen-bond acceptors (Lipinski definition) is 2. The first-order valence-corrected chi connectivity index (χ1v) is 6.96. The van der Waals surface area contributed by atoms with E-state index in [1.54, 1.807) is 0 Å². The highest BCUT2D eigenvalue weighted by Crippen LogP contribution is 2.29. The predicted octanol–water partition coefficient (Wildman–Crippen LogP) is 2.71. The average Bonchev–Trinajstić information content (AvgIpc) is 2.48. The SMILES string of the molecule is CCOc1cc(C[NH3+])ccc1OCc1ccc(C)cc1. The van der Waals surface area contributed by atoms with E-state index < -0.39 is 0 Å². The van der Waals surface area contributed by atoms with E-state index in [9.17, 15) is 0 Å². The molecule has 2 aromatic rings. The van der Waals surface area contributed by atoms with Gasteiger partial charge in [0.2, 0.25) is 0 Å². The van der Waals surface area contributed by atoms with Crippen molar-refractivity contribution in [1.29, 1.82) is 0 Å². The zero-order valence-electron chi connectivity index (χ0n) is 12.2. The summed E-state index contributed by atoms with van der Waals surface area (Å²) in [5.41, 5.74) is 7.45. The van der Waals surface area contributed by atoms with Crippen LogP contribution in [0, 0.1) is 6.92 Å². The summed E-state index contributed by atoms with van der Waals surface area (Å²) in [6.45, 7) is 5.97. The second kappa shape index (κ2) is 6.96. The van der Waals surface area contributed by atoms with E-state index in [2.05, 4.69) is 36.9 Å². The van der Waals surface area contributed by atoms with Gasteiger partial charge in [-0.2, -0.15) is 0 Å². The van der Waals surface area contributed by atoms with Crippen LogP contribution in [-0.2, 0) is 13.2 Å². The minimum Gasteiger partial charge on any atom is -0.490 e. The van der Waals surface area contributed by atoms with E-state index in [4.69, 9.17) is 9.47 Å². The monoisotopic (exact) mass is 272 g/mol. The minimum atomic E-state index is 0.546. The molecule has 0 atom stereocenters. The minimum absolute atomic E-state index is 0.546. The Morgan fingerprint density at radius 2 is 1.60 bits per heavy atom. The zero-order chi connectivity index (χ0) is 14.4. The molecule has 106 valence electrons. The molecule has 20 heavy (non-hydrogen) atoms. The van der Waals surface area contributed by atoms with Gasteiger partial charge >= 0.3 is 0 Å². The third-order valence-corrected chi connectivity index (χ3v) is 3.11. The number of rotatable bonds is 6. The Bertz CT molecular complexity index is 549. The van der Waals surface area contributed by atoms with Crippen molar-refractivity contribution in [3.8, 4) is 11.5 Å². The number of benzene rings is 2. The Balaban J connectivity index is 2.09. The summed E-state index contributed by atoms with van der Waals surface area (Å²) in [4.78, 5) is 0. The predicted molar refractivity (Wildman–Crippen MR) is 79.7 cm³/mol. The Morgan fingerprint density at radius 3 is 2.25 bits per heavy atom. The molecular formula is C17H22NO2+. The van der Waals surface area contributed by atoms with Gasteiger partial charge < -0.3 is 15.2 Å². The van der Waals surface area contributed by atoms with Gasteiger partial charge in [0.15, 0.2) is 11.5 Å². The molecule has 0 unspecified atom stereocenters. The van der Waals surface area contributed by atoms with Crippen molar-refractivity contribution in [2.24, 2.45) is 0 Å². The van der Waals surface area contributed by atoms with Crippen molar-refractivity contribution in [2.45, 2.75) is 27.0 Å². The molecule has 0 bridgehead atoms. The van der Waals surface area contributed by atoms with E-state index in [0.29, 0.717) is 13.2 Å². The molecule has 0 heterocycles. The summed E-state index contributed by atoms with van der Waals surface area (Å²) in [5, 5.41) is 0. The van der Waals surface area contributed by atoms with Gasteiger partial charge in [0, 0.05) is 5.56 Å². The summed E-state index contributed by atoms with van der Waals surface area (Å²) in [7, 11) is 0. The van der Waals surface area contributed by atoms with Crippen LogP contribution in [0.1, 0.15) is 23.6 Å². The summed E-state index contributed by atoms with van der Waals surface area (Å²) < 4.78 is 11.5. The lowest BCUT2D eigenvalue weighted by Crippen LogP contribution is -2.47. The number of hydrogen-bond donors (Lipinski definition) is 1. The molecule has 0 aliphatic carbocycles. The maximum Gasteiger partial charge on any atom is 0.161 e. The Labute approximate surface area is 120 Å². The van der Waals surface area contributed by atoms with E-state index in [1.165, 1.54) is 5.56 Å². The Morgan fingerprint density at radius 1 is 0.900 bits per heavy atom. The molecule has 0 amide bonds. The van der Waals surface area contributed by atoms with E-state index in [-0.39, 0.29) is 0 Å². The molecule has 0 radical (unpaired) electrons. The van der Waals surface area contributed by atoms with Crippen LogP contribution in [0.4, 0.5) is 0 Å². The largest absolute Gasteiger partial charge is 0.490 e. The highest BCUT2D eigenvalue weighted by Gasteiger charge is 2.07. The summed E-state index contributed by atoms with van der Waals surface area (Å²) in [6.07, 6.45) is 0. The van der Waals surface area contributed by atoms with Crippen LogP contribution >= 0.6 is 0 Å². The maximum atomic E-state index is 5.87. The topological polar surface area (TPSA) is 46.1 Å². The summed E-state index contributed by atoms with van der Waals surface area (Å²) in [6, 6.07) is 14.3. The molecule has 0 saturated carbocycles. The fourth-order valence-corrected chi connectivity index (χ4v) is 1.94. The lowest BCUT2D eigenvalue weighted by Gasteiger charge is -2.13. The fourth-order valence-electron chi connectivity index (χ4n) is 1.94. The van der Waals surface area contributed by atoms with Crippen molar-refractivity contribution >= 4 is 0 Å². The van der Waals surface area contributed by atoms with Crippen molar-refractivity contribution in [3.05, 3.63) is 59.2 Å². The molecule has 0 aromatic heterocycles. The van der Waals surface area contributed by atoms with E-state index >= 15 is 0 Å². The summed E-state index contributed by atoms with van der Waals surface area (Å²) >= 11 is 0. The first-order valence-electron chi connectivity index (χ1n) is 6.96. The molecule has 2 aromatic carbocycles. The Kier molecular flexibility index (Phi) is 5.02. The van der Waals surface area contributed by atoms with Gasteiger partial charge in [-0.05, 0) is 37.6 Å². The van der Waals surface area contributed by atoms with Gasteiger partial charge in [-0.1, -0.05) is 29.8 Å². The molecule has 2 rings (SSSR count). The van der Waals surface area contributed by atoms with E-state index in [0.717, 1.165) is 29.2 Å². The van der Waals surface area contributed by atoms with Gasteiger partial charge in [-0.3, -0.25) is 0 Å². The smallest absolute Gasteiger partial charge is 0.161 e. The molecule has 0 fully saturated rings. The molecule has 0 spiro atoms. The number of quaternary nitrogens is 1. The van der Waals surface area contributed by atoms with Crippen LogP contribution < -0.4 is 15.2 Å². The van der Waals surface area contributed by atoms with Gasteiger partial charge in [-0.25, -0.2) is 0 Å².